The summed E-state index contributed by atoms with van der Waals surface area (Å²) in [5.74, 6) is 0.327. The predicted octanol–water partition coefficient (Wildman–Crippen LogP) is 3.57. The van der Waals surface area contributed by atoms with Crippen LogP contribution in [0.15, 0.2) is 57.8 Å². The van der Waals surface area contributed by atoms with E-state index in [1.807, 2.05) is 55.5 Å². The van der Waals surface area contributed by atoms with E-state index in [-0.39, 0.29) is 5.56 Å². The van der Waals surface area contributed by atoms with Gasteiger partial charge < -0.3 is 5.32 Å². The molecule has 0 atom stereocenters. The molecule has 5 nitrogen and oxygen atoms in total. The summed E-state index contributed by atoms with van der Waals surface area (Å²) < 4.78 is 1.03. The first-order valence-electron chi connectivity index (χ1n) is 7.15. The van der Waals surface area contributed by atoms with Crippen molar-refractivity contribution >= 4 is 27.6 Å². The van der Waals surface area contributed by atoms with Gasteiger partial charge in [0.2, 0.25) is 5.95 Å². The second-order valence-electron chi connectivity index (χ2n) is 5.20. The zero-order valence-corrected chi connectivity index (χ0v) is 14.1. The van der Waals surface area contributed by atoms with Crippen molar-refractivity contribution in [3.8, 4) is 0 Å². The average molecular weight is 371 g/mol. The number of aromatic nitrogens is 3. The van der Waals surface area contributed by atoms with E-state index in [2.05, 4.69) is 36.4 Å². The van der Waals surface area contributed by atoms with Gasteiger partial charge in [-0.05, 0) is 36.2 Å². The molecule has 2 N–H and O–H groups in total. The molecule has 0 aliphatic rings. The molecule has 116 valence electrons. The lowest BCUT2D eigenvalue weighted by Crippen LogP contribution is -2.18. The van der Waals surface area contributed by atoms with Crippen LogP contribution in [-0.4, -0.2) is 15.2 Å². The van der Waals surface area contributed by atoms with E-state index < -0.39 is 0 Å². The molecule has 2 aromatic carbocycles. The van der Waals surface area contributed by atoms with Crippen molar-refractivity contribution in [2.75, 3.05) is 5.32 Å². The number of aryl methyl sites for hydroxylation is 1. The number of aromatic amines is 1. The minimum Gasteiger partial charge on any atom is -0.324 e. The van der Waals surface area contributed by atoms with Crippen LogP contribution < -0.4 is 10.9 Å². The Bertz CT molecular complexity index is 877. The molecule has 0 fully saturated rings. The molecule has 0 saturated heterocycles. The normalized spacial score (nSPS) is 10.5. The van der Waals surface area contributed by atoms with E-state index in [4.69, 9.17) is 0 Å². The third kappa shape index (κ3) is 3.84. The number of H-pyrrole nitrogens is 1. The van der Waals surface area contributed by atoms with E-state index in [1.165, 1.54) is 0 Å². The summed E-state index contributed by atoms with van der Waals surface area (Å²) in [5.41, 5.74) is 3.11. The Labute approximate surface area is 141 Å². The molecule has 0 aliphatic carbocycles. The maximum absolute atomic E-state index is 12.2. The number of nitrogens with zero attached hydrogens (tertiary/aromatic N) is 2. The third-order valence-corrected chi connectivity index (χ3v) is 4.29. The van der Waals surface area contributed by atoms with Gasteiger partial charge in [0.15, 0.2) is 0 Å². The highest BCUT2D eigenvalue weighted by molar-refractivity contribution is 9.10. The highest BCUT2D eigenvalue weighted by atomic mass is 79.9. The van der Waals surface area contributed by atoms with E-state index in [0.29, 0.717) is 18.1 Å². The zero-order chi connectivity index (χ0) is 16.2. The van der Waals surface area contributed by atoms with Gasteiger partial charge in [-0.25, -0.2) is 0 Å². The number of benzene rings is 2. The Morgan fingerprint density at radius 1 is 1.13 bits per heavy atom. The van der Waals surface area contributed by atoms with Crippen LogP contribution in [0, 0.1) is 6.92 Å². The largest absolute Gasteiger partial charge is 0.324 e. The van der Waals surface area contributed by atoms with Gasteiger partial charge in [0, 0.05) is 16.6 Å². The van der Waals surface area contributed by atoms with Crippen molar-refractivity contribution < 1.29 is 0 Å². The molecule has 0 bridgehead atoms. The molecule has 23 heavy (non-hydrogen) atoms. The second kappa shape index (κ2) is 6.75. The smallest absolute Gasteiger partial charge is 0.274 e. The molecule has 0 radical (unpaired) electrons. The number of rotatable bonds is 4. The van der Waals surface area contributed by atoms with Crippen LogP contribution in [0.4, 0.5) is 11.6 Å². The lowest BCUT2D eigenvalue weighted by atomic mass is 10.1. The van der Waals surface area contributed by atoms with Crippen LogP contribution in [0.3, 0.4) is 0 Å². The van der Waals surface area contributed by atoms with Crippen LogP contribution in [0.5, 0.6) is 0 Å². The molecular weight excluding hydrogens is 356 g/mol. The van der Waals surface area contributed by atoms with Gasteiger partial charge in [-0.2, -0.15) is 0 Å². The van der Waals surface area contributed by atoms with Gasteiger partial charge in [0.05, 0.1) is 0 Å². The minimum absolute atomic E-state index is 0.236. The van der Waals surface area contributed by atoms with Crippen LogP contribution in [0.2, 0.25) is 0 Å². The highest BCUT2D eigenvalue weighted by Gasteiger charge is 2.06. The first-order valence-corrected chi connectivity index (χ1v) is 7.94. The topological polar surface area (TPSA) is 70.7 Å². The summed E-state index contributed by atoms with van der Waals surface area (Å²) in [6, 6.07) is 15.5. The summed E-state index contributed by atoms with van der Waals surface area (Å²) >= 11 is 3.45. The SMILES string of the molecule is Cc1cc(Nc2nnc(Cc3ccccc3)c(=O)[nH]2)ccc1Br. The second-order valence-corrected chi connectivity index (χ2v) is 6.06. The fourth-order valence-electron chi connectivity index (χ4n) is 2.18. The molecule has 6 heteroatoms. The van der Waals surface area contributed by atoms with E-state index in [1.54, 1.807) is 0 Å². The van der Waals surface area contributed by atoms with Gasteiger partial charge in [-0.15, -0.1) is 10.2 Å². The average Bonchev–Trinajstić information content (AvgIpc) is 2.55. The first-order chi connectivity index (χ1) is 11.1. The van der Waals surface area contributed by atoms with Crippen molar-refractivity contribution in [3.05, 3.63) is 80.2 Å². The van der Waals surface area contributed by atoms with Crippen molar-refractivity contribution in [1.82, 2.24) is 15.2 Å². The maximum Gasteiger partial charge on any atom is 0.274 e. The maximum atomic E-state index is 12.2. The molecule has 1 heterocycles. The monoisotopic (exact) mass is 370 g/mol. The van der Waals surface area contributed by atoms with Crippen molar-refractivity contribution in [1.29, 1.82) is 0 Å². The molecule has 0 spiro atoms. The van der Waals surface area contributed by atoms with Crippen molar-refractivity contribution in [2.24, 2.45) is 0 Å². The quantitative estimate of drug-likeness (QED) is 0.736. The number of halogens is 1. The molecule has 3 aromatic rings. The zero-order valence-electron chi connectivity index (χ0n) is 12.5. The van der Waals surface area contributed by atoms with Gasteiger partial charge in [0.1, 0.15) is 5.69 Å². The van der Waals surface area contributed by atoms with Crippen LogP contribution in [-0.2, 0) is 6.42 Å². The molecular formula is C17H15BrN4O. The third-order valence-electron chi connectivity index (χ3n) is 3.40. The lowest BCUT2D eigenvalue weighted by molar-refractivity contribution is 0.874. The minimum atomic E-state index is -0.236. The Balaban J connectivity index is 1.79. The Morgan fingerprint density at radius 2 is 1.91 bits per heavy atom. The van der Waals surface area contributed by atoms with Crippen molar-refractivity contribution in [3.63, 3.8) is 0 Å². The fourth-order valence-corrected chi connectivity index (χ4v) is 2.43. The standard InChI is InChI=1S/C17H15BrN4O/c1-11-9-13(7-8-14(11)18)19-17-20-16(23)15(21-22-17)10-12-5-3-2-4-6-12/h2-9H,10H2,1H3,(H2,19,20,22,23). The van der Waals surface area contributed by atoms with E-state index in [9.17, 15) is 4.79 Å². The molecule has 0 amide bonds. The Morgan fingerprint density at radius 3 is 2.61 bits per heavy atom. The summed E-state index contributed by atoms with van der Waals surface area (Å²) in [6.07, 6.45) is 0.459. The van der Waals surface area contributed by atoms with Gasteiger partial charge >= 0.3 is 0 Å². The number of hydrogen-bond acceptors (Lipinski definition) is 4. The van der Waals surface area contributed by atoms with Crippen LogP contribution in [0.25, 0.3) is 0 Å². The van der Waals surface area contributed by atoms with Gasteiger partial charge in [0.25, 0.3) is 5.56 Å². The summed E-state index contributed by atoms with van der Waals surface area (Å²) in [5, 5.41) is 11.2. The van der Waals surface area contributed by atoms with Crippen molar-refractivity contribution in [2.45, 2.75) is 13.3 Å². The highest BCUT2D eigenvalue weighted by Crippen LogP contribution is 2.21. The molecule has 0 saturated carbocycles. The van der Waals surface area contributed by atoms with E-state index >= 15 is 0 Å². The summed E-state index contributed by atoms with van der Waals surface area (Å²) in [7, 11) is 0. The summed E-state index contributed by atoms with van der Waals surface area (Å²) in [4.78, 5) is 14.9. The fraction of sp³-hybridized carbons (Fsp3) is 0.118. The van der Waals surface area contributed by atoms with Gasteiger partial charge in [-0.1, -0.05) is 46.3 Å². The van der Waals surface area contributed by atoms with Crippen LogP contribution >= 0.6 is 15.9 Å². The van der Waals surface area contributed by atoms with Crippen LogP contribution in [0.1, 0.15) is 16.8 Å². The molecule has 3 rings (SSSR count). The number of nitrogens with one attached hydrogen (secondary N) is 2. The first kappa shape index (κ1) is 15.4. The Hall–Kier alpha value is -2.47. The van der Waals surface area contributed by atoms with E-state index in [0.717, 1.165) is 21.3 Å². The molecule has 1 aromatic heterocycles. The molecule has 0 unspecified atom stereocenters. The Kier molecular flexibility index (Phi) is 4.52. The lowest BCUT2D eigenvalue weighted by Gasteiger charge is -2.07. The number of hydrogen-bond donors (Lipinski definition) is 2. The van der Waals surface area contributed by atoms with Gasteiger partial charge in [-0.3, -0.25) is 9.78 Å². The number of anilines is 2. The summed E-state index contributed by atoms with van der Waals surface area (Å²) in [6.45, 7) is 1.99. The predicted molar refractivity (Wildman–Crippen MR) is 94.1 cm³/mol. The molecule has 0 aliphatic heterocycles.